The van der Waals surface area contributed by atoms with Gasteiger partial charge in [0, 0.05) is 13.1 Å². The molecule has 0 bridgehead atoms. The van der Waals surface area contributed by atoms with Crippen LogP contribution in [0, 0.1) is 0 Å². The van der Waals surface area contributed by atoms with Crippen molar-refractivity contribution in [1.29, 1.82) is 0 Å². The topological polar surface area (TPSA) is 32.3 Å². The molecule has 1 amide bonds. The molecule has 0 saturated carbocycles. The zero-order valence-electron chi connectivity index (χ0n) is 10.3. The third kappa shape index (κ3) is 2.51. The number of nitrogens with zero attached hydrogens (tertiary/aromatic N) is 1. The second kappa shape index (κ2) is 5.50. The minimum absolute atomic E-state index is 0.306. The van der Waals surface area contributed by atoms with Crippen LogP contribution >= 0.6 is 0 Å². The Morgan fingerprint density at radius 1 is 1.20 bits per heavy atom. The van der Waals surface area contributed by atoms with E-state index in [1.54, 1.807) is 0 Å². The SMILES string of the molecule is CCNC(CC)(CC)C(=O)N1CCCC1. The standard InChI is InChI=1S/C12H24N2O/c1-4-12(5-2,13-6-3)11(15)14-9-7-8-10-14/h13H,4-10H2,1-3H3. The van der Waals surface area contributed by atoms with E-state index in [0.717, 1.165) is 32.5 Å². The highest BCUT2D eigenvalue weighted by atomic mass is 16.2. The number of likely N-dealkylation sites (N-methyl/N-ethyl adjacent to an activating group) is 1. The lowest BCUT2D eigenvalue weighted by Gasteiger charge is -2.35. The van der Waals surface area contributed by atoms with Gasteiger partial charge in [-0.2, -0.15) is 0 Å². The summed E-state index contributed by atoms with van der Waals surface area (Å²) in [7, 11) is 0. The van der Waals surface area contributed by atoms with E-state index < -0.39 is 0 Å². The Morgan fingerprint density at radius 3 is 2.13 bits per heavy atom. The van der Waals surface area contributed by atoms with Gasteiger partial charge in [-0.25, -0.2) is 0 Å². The maximum absolute atomic E-state index is 12.4. The molecule has 0 aliphatic carbocycles. The van der Waals surface area contributed by atoms with E-state index in [1.807, 2.05) is 4.90 Å². The number of carbonyl (C=O) groups is 1. The maximum atomic E-state index is 12.4. The lowest BCUT2D eigenvalue weighted by molar-refractivity contribution is -0.137. The van der Waals surface area contributed by atoms with Crippen LogP contribution in [0.4, 0.5) is 0 Å². The van der Waals surface area contributed by atoms with Gasteiger partial charge in [0.1, 0.15) is 0 Å². The van der Waals surface area contributed by atoms with E-state index in [4.69, 9.17) is 0 Å². The van der Waals surface area contributed by atoms with Crippen LogP contribution in [0.2, 0.25) is 0 Å². The predicted molar refractivity (Wildman–Crippen MR) is 62.8 cm³/mol. The summed E-state index contributed by atoms with van der Waals surface area (Å²) in [4.78, 5) is 14.4. The van der Waals surface area contributed by atoms with Crippen molar-refractivity contribution < 1.29 is 4.79 Å². The zero-order chi connectivity index (χ0) is 11.3. The molecule has 1 aliphatic rings. The van der Waals surface area contributed by atoms with Crippen LogP contribution in [0.5, 0.6) is 0 Å². The number of likely N-dealkylation sites (tertiary alicyclic amines) is 1. The summed E-state index contributed by atoms with van der Waals surface area (Å²) in [6.45, 7) is 9.02. The number of nitrogens with one attached hydrogen (secondary N) is 1. The smallest absolute Gasteiger partial charge is 0.242 e. The normalized spacial score (nSPS) is 17.1. The Labute approximate surface area is 93.2 Å². The molecule has 0 spiro atoms. The van der Waals surface area contributed by atoms with Gasteiger partial charge in [-0.3, -0.25) is 4.79 Å². The molecule has 1 N–H and O–H groups in total. The first-order chi connectivity index (χ1) is 7.20. The maximum Gasteiger partial charge on any atom is 0.242 e. The van der Waals surface area contributed by atoms with E-state index in [-0.39, 0.29) is 5.54 Å². The molecule has 0 radical (unpaired) electrons. The van der Waals surface area contributed by atoms with E-state index >= 15 is 0 Å². The molecule has 1 saturated heterocycles. The molecule has 0 unspecified atom stereocenters. The van der Waals surface area contributed by atoms with E-state index in [9.17, 15) is 4.79 Å². The molecular weight excluding hydrogens is 188 g/mol. The largest absolute Gasteiger partial charge is 0.341 e. The molecule has 0 aromatic rings. The van der Waals surface area contributed by atoms with Crippen molar-refractivity contribution in [1.82, 2.24) is 10.2 Å². The Balaban J connectivity index is 2.72. The van der Waals surface area contributed by atoms with E-state index in [0.29, 0.717) is 5.91 Å². The molecule has 0 atom stereocenters. The summed E-state index contributed by atoms with van der Waals surface area (Å²) in [5.74, 6) is 0.312. The molecule has 88 valence electrons. The van der Waals surface area contributed by atoms with Gasteiger partial charge in [0.15, 0.2) is 0 Å². The quantitative estimate of drug-likeness (QED) is 0.753. The second-order valence-corrected chi connectivity index (χ2v) is 4.32. The Hall–Kier alpha value is -0.570. The summed E-state index contributed by atoms with van der Waals surface area (Å²) in [6.07, 6.45) is 4.10. The predicted octanol–water partition coefficient (Wildman–Crippen LogP) is 1.78. The highest BCUT2D eigenvalue weighted by Crippen LogP contribution is 2.21. The molecule has 3 nitrogen and oxygen atoms in total. The molecule has 1 fully saturated rings. The summed E-state index contributed by atoms with van der Waals surface area (Å²) >= 11 is 0. The minimum Gasteiger partial charge on any atom is -0.341 e. The fourth-order valence-corrected chi connectivity index (χ4v) is 2.44. The van der Waals surface area contributed by atoms with E-state index in [2.05, 4.69) is 26.1 Å². The third-order valence-corrected chi connectivity index (χ3v) is 3.52. The van der Waals surface area contributed by atoms with Crippen molar-refractivity contribution in [2.45, 2.75) is 52.0 Å². The van der Waals surface area contributed by atoms with Crippen molar-refractivity contribution >= 4 is 5.91 Å². The molecule has 1 heterocycles. The molecule has 15 heavy (non-hydrogen) atoms. The van der Waals surface area contributed by atoms with Crippen LogP contribution in [0.1, 0.15) is 46.5 Å². The number of carbonyl (C=O) groups excluding carboxylic acids is 1. The molecule has 1 rings (SSSR count). The first-order valence-electron chi connectivity index (χ1n) is 6.24. The lowest BCUT2D eigenvalue weighted by Crippen LogP contribution is -2.56. The third-order valence-electron chi connectivity index (χ3n) is 3.52. The summed E-state index contributed by atoms with van der Waals surface area (Å²) in [5.41, 5.74) is -0.306. The van der Waals surface area contributed by atoms with Gasteiger partial charge < -0.3 is 10.2 Å². The number of rotatable bonds is 5. The van der Waals surface area contributed by atoms with Crippen LogP contribution < -0.4 is 5.32 Å². The van der Waals surface area contributed by atoms with Crippen molar-refractivity contribution in [3.05, 3.63) is 0 Å². The van der Waals surface area contributed by atoms with Gasteiger partial charge >= 0.3 is 0 Å². The average Bonchev–Trinajstić information content (AvgIpc) is 2.78. The Morgan fingerprint density at radius 2 is 1.73 bits per heavy atom. The average molecular weight is 212 g/mol. The highest BCUT2D eigenvalue weighted by Gasteiger charge is 2.37. The number of amides is 1. The Bertz CT molecular complexity index is 206. The summed E-state index contributed by atoms with van der Waals surface area (Å²) in [5, 5.41) is 3.38. The van der Waals surface area contributed by atoms with Crippen LogP contribution in [0.15, 0.2) is 0 Å². The number of hydrogen-bond acceptors (Lipinski definition) is 2. The van der Waals surface area contributed by atoms with Crippen molar-refractivity contribution in [3.63, 3.8) is 0 Å². The van der Waals surface area contributed by atoms with Crippen LogP contribution in [0.25, 0.3) is 0 Å². The summed E-state index contributed by atoms with van der Waals surface area (Å²) in [6, 6.07) is 0. The van der Waals surface area contributed by atoms with Crippen molar-refractivity contribution in [3.8, 4) is 0 Å². The van der Waals surface area contributed by atoms with Gasteiger partial charge in [0.05, 0.1) is 5.54 Å². The van der Waals surface area contributed by atoms with Crippen molar-refractivity contribution in [2.24, 2.45) is 0 Å². The van der Waals surface area contributed by atoms with Gasteiger partial charge in [0.2, 0.25) is 5.91 Å². The highest BCUT2D eigenvalue weighted by molar-refractivity contribution is 5.86. The second-order valence-electron chi connectivity index (χ2n) is 4.32. The minimum atomic E-state index is -0.306. The zero-order valence-corrected chi connectivity index (χ0v) is 10.3. The van der Waals surface area contributed by atoms with Crippen LogP contribution in [-0.2, 0) is 4.79 Å². The fraction of sp³-hybridized carbons (Fsp3) is 0.917. The first-order valence-corrected chi connectivity index (χ1v) is 6.24. The Kier molecular flexibility index (Phi) is 4.58. The molecule has 3 heteroatoms. The van der Waals surface area contributed by atoms with Gasteiger partial charge in [-0.1, -0.05) is 20.8 Å². The molecule has 0 aromatic carbocycles. The van der Waals surface area contributed by atoms with Crippen LogP contribution in [0.3, 0.4) is 0 Å². The summed E-state index contributed by atoms with van der Waals surface area (Å²) < 4.78 is 0. The number of hydrogen-bond donors (Lipinski definition) is 1. The molecule has 1 aliphatic heterocycles. The van der Waals surface area contributed by atoms with Gasteiger partial charge in [0.25, 0.3) is 0 Å². The molecular formula is C12H24N2O. The van der Waals surface area contributed by atoms with E-state index in [1.165, 1.54) is 12.8 Å². The lowest BCUT2D eigenvalue weighted by atomic mass is 9.91. The fourth-order valence-electron chi connectivity index (χ4n) is 2.44. The van der Waals surface area contributed by atoms with Gasteiger partial charge in [-0.05, 0) is 32.2 Å². The van der Waals surface area contributed by atoms with Gasteiger partial charge in [-0.15, -0.1) is 0 Å². The molecule has 0 aromatic heterocycles. The first kappa shape index (κ1) is 12.5. The van der Waals surface area contributed by atoms with Crippen LogP contribution in [-0.4, -0.2) is 36.0 Å². The monoisotopic (exact) mass is 212 g/mol. The van der Waals surface area contributed by atoms with Crippen molar-refractivity contribution in [2.75, 3.05) is 19.6 Å².